The Balaban J connectivity index is 1.98. The quantitative estimate of drug-likeness (QED) is 0.893. The number of benzene rings is 1. The molecule has 3 rings (SSSR count). The van der Waals surface area contributed by atoms with E-state index in [1.807, 2.05) is 12.1 Å². The molecule has 1 N–H and O–H groups in total. The first-order chi connectivity index (χ1) is 8.29. The molecule has 2 atom stereocenters. The lowest BCUT2D eigenvalue weighted by Gasteiger charge is -2.27. The lowest BCUT2D eigenvalue weighted by molar-refractivity contribution is 0.397. The highest BCUT2D eigenvalue weighted by atomic mass is 32.2. The molecule has 3 nitrogen and oxygen atoms in total. The second-order valence-corrected chi connectivity index (χ2v) is 6.22. The third-order valence-electron chi connectivity index (χ3n) is 3.44. The van der Waals surface area contributed by atoms with Gasteiger partial charge in [0.15, 0.2) is 0 Å². The summed E-state index contributed by atoms with van der Waals surface area (Å²) in [6.45, 7) is 0. The van der Waals surface area contributed by atoms with Crippen LogP contribution in [0.4, 0.5) is 0 Å². The van der Waals surface area contributed by atoms with Gasteiger partial charge in [0.25, 0.3) is 0 Å². The monoisotopic (exact) mass is 251 g/mol. The Labute approximate surface area is 104 Å². The van der Waals surface area contributed by atoms with Gasteiger partial charge in [-0.05, 0) is 30.9 Å². The van der Waals surface area contributed by atoms with Gasteiger partial charge in [-0.3, -0.25) is 4.21 Å². The molecule has 2 unspecified atom stereocenters. The fraction of sp³-hybridized carbons (Fsp3) is 0.538. The van der Waals surface area contributed by atoms with Crippen molar-refractivity contribution in [2.24, 2.45) is 0 Å². The molecule has 0 bridgehead atoms. The molecule has 0 spiro atoms. The second-order valence-electron chi connectivity index (χ2n) is 4.71. The van der Waals surface area contributed by atoms with Crippen LogP contribution >= 0.6 is 0 Å². The molecule has 4 heteroatoms. The molecular formula is C13H17NO2S. The number of nitrogens with one attached hydrogen (secondary N) is 1. The van der Waals surface area contributed by atoms with Crippen molar-refractivity contribution in [2.45, 2.75) is 36.2 Å². The Kier molecular flexibility index (Phi) is 2.92. The maximum Gasteiger partial charge on any atom is 0.135 e. The number of fused-ring (bicyclic) bond motifs is 1. The van der Waals surface area contributed by atoms with Gasteiger partial charge in [-0.15, -0.1) is 0 Å². The van der Waals surface area contributed by atoms with Crippen molar-refractivity contribution in [1.29, 1.82) is 0 Å². The maximum absolute atomic E-state index is 12.1. The summed E-state index contributed by atoms with van der Waals surface area (Å²) in [5.74, 6) is 1.50. The largest absolute Gasteiger partial charge is 0.495 e. The highest BCUT2D eigenvalue weighted by Gasteiger charge is 2.31. The first-order valence-electron chi connectivity index (χ1n) is 6.11. The molecule has 1 heterocycles. The molecule has 1 aromatic rings. The lowest BCUT2D eigenvalue weighted by Crippen LogP contribution is -2.29. The standard InChI is InChI=1S/C13H17NO2S/c1-16-12-4-2-3-10-11(14-9-5-6-9)7-8-17(15)13(10)12/h2-4,9,11,14H,5-8H2,1H3. The number of rotatable bonds is 3. The Hall–Kier alpha value is -0.870. The van der Waals surface area contributed by atoms with Crippen LogP contribution in [0.5, 0.6) is 5.75 Å². The summed E-state index contributed by atoms with van der Waals surface area (Å²) >= 11 is 0. The third kappa shape index (κ3) is 2.11. The molecule has 1 aromatic carbocycles. The molecule has 0 amide bonds. The minimum atomic E-state index is -0.907. The van der Waals surface area contributed by atoms with Gasteiger partial charge < -0.3 is 10.1 Å². The second kappa shape index (κ2) is 4.42. The Morgan fingerprint density at radius 3 is 2.88 bits per heavy atom. The number of methoxy groups -OCH3 is 1. The van der Waals surface area contributed by atoms with E-state index in [0.29, 0.717) is 12.1 Å². The van der Waals surface area contributed by atoms with Crippen molar-refractivity contribution in [2.75, 3.05) is 12.9 Å². The summed E-state index contributed by atoms with van der Waals surface area (Å²) in [4.78, 5) is 0.902. The highest BCUT2D eigenvalue weighted by Crippen LogP contribution is 2.37. The van der Waals surface area contributed by atoms with E-state index in [2.05, 4.69) is 11.4 Å². The van der Waals surface area contributed by atoms with Gasteiger partial charge >= 0.3 is 0 Å². The normalized spacial score (nSPS) is 27.6. The van der Waals surface area contributed by atoms with Gasteiger partial charge in [-0.25, -0.2) is 0 Å². The minimum Gasteiger partial charge on any atom is -0.495 e. The topological polar surface area (TPSA) is 38.3 Å². The molecule has 0 saturated heterocycles. The molecule has 1 saturated carbocycles. The maximum atomic E-state index is 12.1. The average molecular weight is 251 g/mol. The molecular weight excluding hydrogens is 234 g/mol. The molecule has 17 heavy (non-hydrogen) atoms. The summed E-state index contributed by atoms with van der Waals surface area (Å²) in [6, 6.07) is 6.99. The number of hydrogen-bond donors (Lipinski definition) is 1. The van der Waals surface area contributed by atoms with Crippen LogP contribution in [0.3, 0.4) is 0 Å². The zero-order chi connectivity index (χ0) is 11.8. The fourth-order valence-corrected chi connectivity index (χ4v) is 3.90. The lowest BCUT2D eigenvalue weighted by atomic mass is 10.0. The predicted octanol–water partition coefficient (Wildman–Crippen LogP) is 2.00. The van der Waals surface area contributed by atoms with Gasteiger partial charge in [0.05, 0.1) is 22.8 Å². The van der Waals surface area contributed by atoms with Crippen molar-refractivity contribution in [3.8, 4) is 5.75 Å². The Morgan fingerprint density at radius 2 is 2.18 bits per heavy atom. The zero-order valence-corrected chi connectivity index (χ0v) is 10.8. The van der Waals surface area contributed by atoms with E-state index in [-0.39, 0.29) is 0 Å². The third-order valence-corrected chi connectivity index (χ3v) is 4.94. The van der Waals surface area contributed by atoms with Crippen LogP contribution in [0, 0.1) is 0 Å². The van der Waals surface area contributed by atoms with Crippen LogP contribution in [0.2, 0.25) is 0 Å². The van der Waals surface area contributed by atoms with E-state index in [0.717, 1.165) is 22.8 Å². The molecule has 0 radical (unpaired) electrons. The zero-order valence-electron chi connectivity index (χ0n) is 9.94. The van der Waals surface area contributed by atoms with Crippen LogP contribution in [0.15, 0.2) is 23.1 Å². The molecule has 1 aliphatic heterocycles. The first kappa shape index (κ1) is 11.2. The van der Waals surface area contributed by atoms with Crippen molar-refractivity contribution in [3.05, 3.63) is 23.8 Å². The van der Waals surface area contributed by atoms with Crippen LogP contribution in [-0.4, -0.2) is 23.1 Å². The smallest absolute Gasteiger partial charge is 0.135 e. The number of ether oxygens (including phenoxy) is 1. The van der Waals surface area contributed by atoms with E-state index in [9.17, 15) is 4.21 Å². The van der Waals surface area contributed by atoms with Gasteiger partial charge in [0.2, 0.25) is 0 Å². The summed E-state index contributed by atoms with van der Waals surface area (Å²) in [7, 11) is 0.737. The summed E-state index contributed by atoms with van der Waals surface area (Å²) in [5, 5.41) is 3.63. The van der Waals surface area contributed by atoms with Crippen molar-refractivity contribution < 1.29 is 8.95 Å². The minimum absolute atomic E-state index is 0.352. The molecule has 1 fully saturated rings. The van der Waals surface area contributed by atoms with Crippen molar-refractivity contribution >= 4 is 10.8 Å². The van der Waals surface area contributed by atoms with Crippen molar-refractivity contribution in [1.82, 2.24) is 5.32 Å². The van der Waals surface area contributed by atoms with Crippen LogP contribution in [0.1, 0.15) is 30.9 Å². The first-order valence-corrected chi connectivity index (χ1v) is 7.43. The SMILES string of the molecule is COc1cccc2c1S(=O)CCC2NC1CC1. The van der Waals surface area contributed by atoms with Gasteiger partial charge in [-0.2, -0.15) is 0 Å². The molecule has 92 valence electrons. The highest BCUT2D eigenvalue weighted by molar-refractivity contribution is 7.85. The number of hydrogen-bond acceptors (Lipinski definition) is 3. The van der Waals surface area contributed by atoms with Crippen molar-refractivity contribution in [3.63, 3.8) is 0 Å². The van der Waals surface area contributed by atoms with Gasteiger partial charge in [-0.1, -0.05) is 12.1 Å². The molecule has 1 aliphatic carbocycles. The van der Waals surface area contributed by atoms with E-state index < -0.39 is 10.8 Å². The predicted molar refractivity (Wildman–Crippen MR) is 67.8 cm³/mol. The van der Waals surface area contributed by atoms with Crippen LogP contribution < -0.4 is 10.1 Å². The average Bonchev–Trinajstić information content (AvgIpc) is 3.16. The fourth-order valence-electron chi connectivity index (χ4n) is 2.40. The van der Waals surface area contributed by atoms with Crippen LogP contribution in [0.25, 0.3) is 0 Å². The summed E-state index contributed by atoms with van der Waals surface area (Å²) in [5.41, 5.74) is 1.17. The van der Waals surface area contributed by atoms with E-state index in [1.165, 1.54) is 18.4 Å². The molecule has 0 aromatic heterocycles. The summed E-state index contributed by atoms with van der Waals surface area (Å²) in [6.07, 6.45) is 3.51. The Bertz CT molecular complexity index is 457. The van der Waals surface area contributed by atoms with Gasteiger partial charge in [0, 0.05) is 17.8 Å². The van der Waals surface area contributed by atoms with Crippen LogP contribution in [-0.2, 0) is 10.8 Å². The van der Waals surface area contributed by atoms with E-state index in [4.69, 9.17) is 4.74 Å². The summed E-state index contributed by atoms with van der Waals surface area (Å²) < 4.78 is 17.4. The Morgan fingerprint density at radius 1 is 1.35 bits per heavy atom. The molecule has 2 aliphatic rings. The van der Waals surface area contributed by atoms with Gasteiger partial charge in [0.1, 0.15) is 5.75 Å². The van der Waals surface area contributed by atoms with E-state index >= 15 is 0 Å². The van der Waals surface area contributed by atoms with E-state index in [1.54, 1.807) is 7.11 Å².